The van der Waals surface area contributed by atoms with E-state index in [4.69, 9.17) is 4.74 Å². The normalized spacial score (nSPS) is 17.9. The summed E-state index contributed by atoms with van der Waals surface area (Å²) in [5.74, 6) is -0.982. The van der Waals surface area contributed by atoms with Crippen LogP contribution in [0.4, 0.5) is 0 Å². The predicted molar refractivity (Wildman–Crippen MR) is 129 cm³/mol. The largest absolute Gasteiger partial charge is 0.466 e. The molecule has 0 spiro atoms. The van der Waals surface area contributed by atoms with Gasteiger partial charge in [0, 0.05) is 38.0 Å². The van der Waals surface area contributed by atoms with E-state index in [1.54, 1.807) is 30.2 Å². The number of likely N-dealkylation sites (N-methyl/N-ethyl adjacent to an activating group) is 1. The number of aryl methyl sites for hydroxylation is 3. The minimum Gasteiger partial charge on any atom is -0.466 e. The van der Waals surface area contributed by atoms with Crippen LogP contribution in [0.2, 0.25) is 0 Å². The number of hydrogen-bond donors (Lipinski definition) is 0. The lowest BCUT2D eigenvalue weighted by molar-refractivity contribution is -0.152. The van der Waals surface area contributed by atoms with Crippen LogP contribution in [0.1, 0.15) is 49.5 Å². The topological polar surface area (TPSA) is 102 Å². The molecule has 1 atom stereocenters. The number of amides is 2. The van der Waals surface area contributed by atoms with Crippen molar-refractivity contribution in [1.29, 1.82) is 0 Å². The summed E-state index contributed by atoms with van der Waals surface area (Å²) in [5, 5.41) is 0.708. The lowest BCUT2D eigenvalue weighted by Gasteiger charge is -2.32. The third-order valence-electron chi connectivity index (χ3n) is 6.70. The van der Waals surface area contributed by atoms with Crippen molar-refractivity contribution < 1.29 is 19.1 Å². The van der Waals surface area contributed by atoms with Crippen LogP contribution < -0.4 is 5.56 Å². The van der Waals surface area contributed by atoms with E-state index in [0.29, 0.717) is 31.5 Å². The van der Waals surface area contributed by atoms with Crippen LogP contribution in [-0.2, 0) is 38.5 Å². The molecule has 2 amide bonds. The minimum absolute atomic E-state index is 0.0569. The molecule has 1 aliphatic carbocycles. The first-order valence-corrected chi connectivity index (χ1v) is 12.9. The molecule has 1 saturated heterocycles. The fourth-order valence-electron chi connectivity index (χ4n) is 4.79. The SMILES string of the molecule is CCOC(=O)C1CCCN(C(=O)CN(C)C(=O)CCn2cnc3sc4c(c3c2=O)CCCC4)C1. The fraction of sp³-hybridized carbons (Fsp3) is 0.625. The van der Waals surface area contributed by atoms with Crippen molar-refractivity contribution in [2.75, 3.05) is 33.3 Å². The number of carbonyl (C=O) groups excluding carboxylic acids is 3. The number of carbonyl (C=O) groups is 3. The van der Waals surface area contributed by atoms with Gasteiger partial charge in [-0.2, -0.15) is 0 Å². The molecular weight excluding hydrogens is 456 g/mol. The monoisotopic (exact) mass is 488 g/mol. The Morgan fingerprint density at radius 3 is 2.82 bits per heavy atom. The first-order chi connectivity index (χ1) is 16.4. The molecule has 0 aromatic carbocycles. The van der Waals surface area contributed by atoms with Gasteiger partial charge in [0.2, 0.25) is 11.8 Å². The summed E-state index contributed by atoms with van der Waals surface area (Å²) in [5.41, 5.74) is 1.05. The lowest BCUT2D eigenvalue weighted by Crippen LogP contribution is -2.47. The van der Waals surface area contributed by atoms with Gasteiger partial charge in [-0.25, -0.2) is 4.98 Å². The Hall–Kier alpha value is -2.75. The van der Waals surface area contributed by atoms with E-state index >= 15 is 0 Å². The van der Waals surface area contributed by atoms with Crippen LogP contribution in [0.3, 0.4) is 0 Å². The predicted octanol–water partition coefficient (Wildman–Crippen LogP) is 1.99. The van der Waals surface area contributed by atoms with Gasteiger partial charge in [0.25, 0.3) is 5.56 Å². The quantitative estimate of drug-likeness (QED) is 0.553. The van der Waals surface area contributed by atoms with Crippen LogP contribution in [0.15, 0.2) is 11.1 Å². The molecule has 3 heterocycles. The molecule has 0 N–H and O–H groups in total. The third kappa shape index (κ3) is 5.16. The number of hydrogen-bond acceptors (Lipinski definition) is 7. The van der Waals surface area contributed by atoms with Crippen molar-refractivity contribution in [1.82, 2.24) is 19.4 Å². The summed E-state index contributed by atoms with van der Waals surface area (Å²) in [6.45, 7) is 3.15. The molecule has 1 aliphatic heterocycles. The summed E-state index contributed by atoms with van der Waals surface area (Å²) in [4.78, 5) is 60.1. The van der Waals surface area contributed by atoms with Crippen molar-refractivity contribution in [3.63, 3.8) is 0 Å². The smallest absolute Gasteiger partial charge is 0.310 e. The van der Waals surface area contributed by atoms with Gasteiger partial charge in [0.15, 0.2) is 0 Å². The Morgan fingerprint density at radius 2 is 2.03 bits per heavy atom. The Bertz CT molecular complexity index is 1140. The van der Waals surface area contributed by atoms with E-state index in [1.807, 2.05) is 0 Å². The molecule has 9 nitrogen and oxygen atoms in total. The first kappa shape index (κ1) is 24.4. The second-order valence-corrected chi connectivity index (χ2v) is 10.1. The summed E-state index contributed by atoms with van der Waals surface area (Å²) in [6, 6.07) is 0. The summed E-state index contributed by atoms with van der Waals surface area (Å²) >= 11 is 1.61. The van der Waals surface area contributed by atoms with E-state index < -0.39 is 0 Å². The Kier molecular flexibility index (Phi) is 7.65. The Balaban J connectivity index is 1.34. The van der Waals surface area contributed by atoms with Crippen LogP contribution in [0.5, 0.6) is 0 Å². The van der Waals surface area contributed by atoms with Crippen molar-refractivity contribution in [2.45, 2.75) is 58.4 Å². The van der Waals surface area contributed by atoms with E-state index in [0.717, 1.165) is 42.5 Å². The minimum atomic E-state index is -0.309. The van der Waals surface area contributed by atoms with E-state index in [9.17, 15) is 19.2 Å². The molecule has 1 fully saturated rings. The Labute approximate surface area is 202 Å². The van der Waals surface area contributed by atoms with Crippen LogP contribution in [0.25, 0.3) is 10.2 Å². The molecule has 34 heavy (non-hydrogen) atoms. The van der Waals surface area contributed by atoms with Gasteiger partial charge in [0.1, 0.15) is 4.83 Å². The molecule has 2 aromatic heterocycles. The standard InChI is InChI=1S/C24H32N4O5S/c1-3-33-24(32)16-7-6-11-27(13-16)20(30)14-26(2)19(29)10-12-28-15-25-22-21(23(28)31)17-8-4-5-9-18(17)34-22/h15-16H,3-14H2,1-2H3. The number of piperidine rings is 1. The van der Waals surface area contributed by atoms with Gasteiger partial charge >= 0.3 is 5.97 Å². The molecular formula is C24H32N4O5S. The number of thiophene rings is 1. The zero-order chi connectivity index (χ0) is 24.2. The highest BCUT2D eigenvalue weighted by Crippen LogP contribution is 2.33. The number of nitrogens with zero attached hydrogens (tertiary/aromatic N) is 4. The number of esters is 1. The van der Waals surface area contributed by atoms with Gasteiger partial charge in [-0.05, 0) is 51.0 Å². The summed E-state index contributed by atoms with van der Waals surface area (Å²) < 4.78 is 6.60. The molecule has 2 aromatic rings. The highest BCUT2D eigenvalue weighted by Gasteiger charge is 2.30. The van der Waals surface area contributed by atoms with Crippen LogP contribution in [0, 0.1) is 5.92 Å². The van der Waals surface area contributed by atoms with Gasteiger partial charge in [0.05, 0.1) is 30.8 Å². The van der Waals surface area contributed by atoms with Crippen LogP contribution in [-0.4, -0.2) is 70.4 Å². The number of likely N-dealkylation sites (tertiary alicyclic amines) is 1. The molecule has 0 saturated carbocycles. The van der Waals surface area contributed by atoms with Gasteiger partial charge in [-0.15, -0.1) is 11.3 Å². The second kappa shape index (κ2) is 10.7. The van der Waals surface area contributed by atoms with E-state index in [2.05, 4.69) is 4.98 Å². The van der Waals surface area contributed by atoms with Gasteiger partial charge in [-0.1, -0.05) is 0 Å². The zero-order valence-electron chi connectivity index (χ0n) is 19.9. The third-order valence-corrected chi connectivity index (χ3v) is 7.90. The van der Waals surface area contributed by atoms with Crippen molar-refractivity contribution in [2.24, 2.45) is 5.92 Å². The molecule has 0 radical (unpaired) electrons. The molecule has 0 bridgehead atoms. The summed E-state index contributed by atoms with van der Waals surface area (Å²) in [6.07, 6.45) is 7.22. The number of ether oxygens (including phenoxy) is 1. The molecule has 184 valence electrons. The molecule has 4 rings (SSSR count). The van der Waals surface area contributed by atoms with Crippen molar-refractivity contribution in [3.05, 3.63) is 27.1 Å². The highest BCUT2D eigenvalue weighted by atomic mass is 32.1. The first-order valence-electron chi connectivity index (χ1n) is 12.1. The Morgan fingerprint density at radius 1 is 1.24 bits per heavy atom. The number of aromatic nitrogens is 2. The molecule has 1 unspecified atom stereocenters. The van der Waals surface area contributed by atoms with Crippen molar-refractivity contribution in [3.8, 4) is 0 Å². The second-order valence-electron chi connectivity index (χ2n) is 9.06. The van der Waals surface area contributed by atoms with Gasteiger partial charge in [-0.3, -0.25) is 23.7 Å². The van der Waals surface area contributed by atoms with E-state index in [1.165, 1.54) is 20.7 Å². The van der Waals surface area contributed by atoms with Crippen molar-refractivity contribution >= 4 is 39.3 Å². The van der Waals surface area contributed by atoms with E-state index in [-0.39, 0.29) is 48.8 Å². The van der Waals surface area contributed by atoms with Crippen LogP contribution >= 0.6 is 11.3 Å². The average molecular weight is 489 g/mol. The maximum atomic E-state index is 13.1. The molecule has 10 heteroatoms. The average Bonchev–Trinajstić information content (AvgIpc) is 3.23. The maximum absolute atomic E-state index is 13.1. The maximum Gasteiger partial charge on any atom is 0.310 e. The lowest BCUT2D eigenvalue weighted by atomic mass is 9.97. The summed E-state index contributed by atoms with van der Waals surface area (Å²) in [7, 11) is 1.59. The highest BCUT2D eigenvalue weighted by molar-refractivity contribution is 7.18. The molecule has 2 aliphatic rings. The van der Waals surface area contributed by atoms with Gasteiger partial charge < -0.3 is 14.5 Å². The zero-order valence-corrected chi connectivity index (χ0v) is 20.7. The fourth-order valence-corrected chi connectivity index (χ4v) is 6.01. The number of rotatable bonds is 7. The number of fused-ring (bicyclic) bond motifs is 3.